The summed E-state index contributed by atoms with van der Waals surface area (Å²) in [6.45, 7) is 0.776. The van der Waals surface area contributed by atoms with E-state index < -0.39 is 5.97 Å². The lowest BCUT2D eigenvalue weighted by molar-refractivity contribution is -0.139. The Bertz CT molecular complexity index is 579. The maximum absolute atomic E-state index is 12.7. The van der Waals surface area contributed by atoms with Gasteiger partial charge in [-0.1, -0.05) is 34.5 Å². The van der Waals surface area contributed by atoms with Gasteiger partial charge in [-0.25, -0.2) is 0 Å². The predicted molar refractivity (Wildman–Crippen MR) is 86.1 cm³/mol. The molecule has 0 saturated heterocycles. The third-order valence-electron chi connectivity index (χ3n) is 4.86. The average molecular weight is 366 g/mol. The summed E-state index contributed by atoms with van der Waals surface area (Å²) in [6.07, 6.45) is 3.55. The van der Waals surface area contributed by atoms with Crippen molar-refractivity contribution in [3.05, 3.63) is 34.3 Å². The lowest BCUT2D eigenvalue weighted by Gasteiger charge is -2.23. The fourth-order valence-corrected chi connectivity index (χ4v) is 4.20. The number of halogens is 1. The van der Waals surface area contributed by atoms with E-state index in [4.69, 9.17) is 5.11 Å². The van der Waals surface area contributed by atoms with Gasteiger partial charge in [0.2, 0.25) is 5.91 Å². The molecule has 2 saturated carbocycles. The Kier molecular flexibility index (Phi) is 4.52. The van der Waals surface area contributed by atoms with Crippen LogP contribution >= 0.6 is 15.9 Å². The topological polar surface area (TPSA) is 57.6 Å². The van der Waals surface area contributed by atoms with Gasteiger partial charge in [0, 0.05) is 23.5 Å². The summed E-state index contributed by atoms with van der Waals surface area (Å²) >= 11 is 3.43. The van der Waals surface area contributed by atoms with Crippen LogP contribution in [0.1, 0.15) is 31.2 Å². The molecule has 0 radical (unpaired) electrons. The fourth-order valence-electron chi connectivity index (χ4n) is 3.75. The number of carbonyl (C=O) groups is 2. The van der Waals surface area contributed by atoms with Gasteiger partial charge < -0.3 is 10.0 Å². The van der Waals surface area contributed by atoms with E-state index in [2.05, 4.69) is 15.9 Å². The van der Waals surface area contributed by atoms with Crippen molar-refractivity contribution in [2.75, 3.05) is 6.54 Å². The minimum atomic E-state index is -0.858. The first-order valence-electron chi connectivity index (χ1n) is 7.81. The van der Waals surface area contributed by atoms with Crippen LogP contribution in [0, 0.1) is 17.8 Å². The Morgan fingerprint density at radius 3 is 2.64 bits per heavy atom. The highest BCUT2D eigenvalue weighted by molar-refractivity contribution is 9.10. The molecule has 0 spiro atoms. The van der Waals surface area contributed by atoms with E-state index in [1.54, 1.807) is 4.90 Å². The number of carboxylic acid groups (broad SMARTS) is 1. The standard InChI is InChI=1S/C17H20BrNO3/c18-12-4-1-3-11(9-12)10-19(8-7-15(20)21)17(22)16-13-5-2-6-14(13)16/h1,3-4,9,13-14,16H,2,5-8,10H2,(H,20,21). The Balaban J connectivity index is 1.69. The molecule has 1 aromatic rings. The Morgan fingerprint density at radius 2 is 2.00 bits per heavy atom. The average Bonchev–Trinajstić information content (AvgIpc) is 2.95. The molecule has 3 rings (SSSR count). The van der Waals surface area contributed by atoms with E-state index in [0.717, 1.165) is 22.9 Å². The van der Waals surface area contributed by atoms with Gasteiger partial charge in [0.05, 0.1) is 6.42 Å². The normalized spacial score (nSPS) is 25.6. The molecule has 4 nitrogen and oxygen atoms in total. The number of amides is 1. The molecule has 2 atom stereocenters. The van der Waals surface area contributed by atoms with Crippen molar-refractivity contribution in [1.29, 1.82) is 0 Å². The Labute approximate surface area is 138 Å². The zero-order chi connectivity index (χ0) is 15.7. The molecule has 118 valence electrons. The molecule has 2 aliphatic carbocycles. The number of hydrogen-bond donors (Lipinski definition) is 1. The van der Waals surface area contributed by atoms with Crippen LogP contribution in [0.4, 0.5) is 0 Å². The lowest BCUT2D eigenvalue weighted by atomic mass is 10.1. The molecule has 1 N–H and O–H groups in total. The van der Waals surface area contributed by atoms with Gasteiger partial charge in [0.25, 0.3) is 0 Å². The summed E-state index contributed by atoms with van der Waals surface area (Å²) in [4.78, 5) is 25.3. The van der Waals surface area contributed by atoms with Gasteiger partial charge in [-0.15, -0.1) is 0 Å². The van der Waals surface area contributed by atoms with Gasteiger partial charge in [0.15, 0.2) is 0 Å². The molecule has 2 aliphatic rings. The molecule has 2 fully saturated rings. The second-order valence-corrected chi connectivity index (χ2v) is 7.23. The molecule has 5 heteroatoms. The number of aliphatic carboxylic acids is 1. The van der Waals surface area contributed by atoms with Gasteiger partial charge in [-0.2, -0.15) is 0 Å². The van der Waals surface area contributed by atoms with Crippen LogP contribution in [0.25, 0.3) is 0 Å². The van der Waals surface area contributed by atoms with Crippen molar-refractivity contribution in [2.24, 2.45) is 17.8 Å². The summed E-state index contributed by atoms with van der Waals surface area (Å²) < 4.78 is 0.971. The summed E-state index contributed by atoms with van der Waals surface area (Å²) in [5.74, 6) is 0.554. The summed E-state index contributed by atoms with van der Waals surface area (Å²) in [6, 6.07) is 7.83. The molecular formula is C17H20BrNO3. The number of carbonyl (C=O) groups excluding carboxylic acids is 1. The SMILES string of the molecule is O=C(O)CCN(Cc1cccc(Br)c1)C(=O)C1C2CCCC21. The smallest absolute Gasteiger partial charge is 0.305 e. The van der Waals surface area contributed by atoms with Crippen LogP contribution in [0.3, 0.4) is 0 Å². The van der Waals surface area contributed by atoms with E-state index in [1.165, 1.54) is 6.42 Å². The lowest BCUT2D eigenvalue weighted by Crippen LogP contribution is -2.34. The van der Waals surface area contributed by atoms with Gasteiger partial charge in [-0.05, 0) is 42.4 Å². The molecule has 0 bridgehead atoms. The molecule has 0 aromatic heterocycles. The van der Waals surface area contributed by atoms with Crippen molar-refractivity contribution in [3.8, 4) is 0 Å². The molecule has 2 unspecified atom stereocenters. The van der Waals surface area contributed by atoms with E-state index in [-0.39, 0.29) is 24.8 Å². The molecular weight excluding hydrogens is 346 g/mol. The van der Waals surface area contributed by atoms with E-state index in [9.17, 15) is 9.59 Å². The van der Waals surface area contributed by atoms with Crippen molar-refractivity contribution < 1.29 is 14.7 Å². The minimum Gasteiger partial charge on any atom is -0.481 e. The number of hydrogen-bond acceptors (Lipinski definition) is 2. The highest BCUT2D eigenvalue weighted by Gasteiger charge is 2.57. The quantitative estimate of drug-likeness (QED) is 0.841. The van der Waals surface area contributed by atoms with Gasteiger partial charge >= 0.3 is 5.97 Å². The number of nitrogens with zero attached hydrogens (tertiary/aromatic N) is 1. The van der Waals surface area contributed by atoms with Crippen LogP contribution in [-0.4, -0.2) is 28.4 Å². The molecule has 0 aliphatic heterocycles. The second kappa shape index (κ2) is 6.41. The van der Waals surface area contributed by atoms with Crippen LogP contribution in [0.15, 0.2) is 28.7 Å². The van der Waals surface area contributed by atoms with Crippen LogP contribution in [0.2, 0.25) is 0 Å². The largest absolute Gasteiger partial charge is 0.481 e. The first-order chi connectivity index (χ1) is 10.6. The number of rotatable bonds is 6. The summed E-state index contributed by atoms with van der Waals surface area (Å²) in [5.41, 5.74) is 1.03. The Hall–Kier alpha value is -1.36. The molecule has 22 heavy (non-hydrogen) atoms. The molecule has 1 amide bonds. The van der Waals surface area contributed by atoms with E-state index in [0.29, 0.717) is 18.4 Å². The zero-order valence-corrected chi connectivity index (χ0v) is 14.0. The van der Waals surface area contributed by atoms with Crippen molar-refractivity contribution in [1.82, 2.24) is 4.90 Å². The second-order valence-electron chi connectivity index (χ2n) is 6.32. The van der Waals surface area contributed by atoms with Crippen molar-refractivity contribution >= 4 is 27.8 Å². The maximum atomic E-state index is 12.7. The third-order valence-corrected chi connectivity index (χ3v) is 5.35. The highest BCUT2D eigenvalue weighted by atomic mass is 79.9. The number of benzene rings is 1. The zero-order valence-electron chi connectivity index (χ0n) is 12.4. The monoisotopic (exact) mass is 365 g/mol. The predicted octanol–water partition coefficient (Wildman–Crippen LogP) is 3.30. The first-order valence-corrected chi connectivity index (χ1v) is 8.60. The first kappa shape index (κ1) is 15.5. The van der Waals surface area contributed by atoms with Gasteiger partial charge in [0.1, 0.15) is 0 Å². The molecule has 0 heterocycles. The van der Waals surface area contributed by atoms with E-state index in [1.807, 2.05) is 24.3 Å². The van der Waals surface area contributed by atoms with Crippen LogP contribution in [-0.2, 0) is 16.1 Å². The minimum absolute atomic E-state index is 0.00178. The highest BCUT2D eigenvalue weighted by Crippen LogP contribution is 2.58. The van der Waals surface area contributed by atoms with Crippen LogP contribution < -0.4 is 0 Å². The Morgan fingerprint density at radius 1 is 1.27 bits per heavy atom. The van der Waals surface area contributed by atoms with Gasteiger partial charge in [-0.3, -0.25) is 9.59 Å². The fraction of sp³-hybridized carbons (Fsp3) is 0.529. The third kappa shape index (κ3) is 3.35. The number of fused-ring (bicyclic) bond motifs is 1. The van der Waals surface area contributed by atoms with Crippen molar-refractivity contribution in [3.63, 3.8) is 0 Å². The summed E-state index contributed by atoms with van der Waals surface area (Å²) in [7, 11) is 0. The van der Waals surface area contributed by atoms with E-state index >= 15 is 0 Å². The number of carboxylic acids is 1. The summed E-state index contributed by atoms with van der Waals surface area (Å²) in [5, 5.41) is 8.92. The molecule has 1 aromatic carbocycles. The maximum Gasteiger partial charge on any atom is 0.305 e. The van der Waals surface area contributed by atoms with Crippen molar-refractivity contribution in [2.45, 2.75) is 32.2 Å². The van der Waals surface area contributed by atoms with Crippen LogP contribution in [0.5, 0.6) is 0 Å².